The predicted molar refractivity (Wildman–Crippen MR) is 154 cm³/mol. The van der Waals surface area contributed by atoms with Crippen molar-refractivity contribution in [1.29, 1.82) is 0 Å². The van der Waals surface area contributed by atoms with Gasteiger partial charge in [-0.1, -0.05) is 34.6 Å². The van der Waals surface area contributed by atoms with Gasteiger partial charge in [-0.15, -0.1) is 11.3 Å². The van der Waals surface area contributed by atoms with Crippen molar-refractivity contribution in [3.8, 4) is 0 Å². The van der Waals surface area contributed by atoms with E-state index in [0.29, 0.717) is 59.9 Å². The number of nitrogens with one attached hydrogen (secondary N) is 1. The van der Waals surface area contributed by atoms with Crippen molar-refractivity contribution in [3.63, 3.8) is 0 Å². The molecule has 5 rings (SSSR count). The van der Waals surface area contributed by atoms with Crippen LogP contribution in [0.2, 0.25) is 0 Å². The summed E-state index contributed by atoms with van der Waals surface area (Å²) in [6.45, 7) is 10.9. The average Bonchev–Trinajstić information content (AvgIpc) is 3.48. The summed E-state index contributed by atoms with van der Waals surface area (Å²) in [6.07, 6.45) is 7.24. The van der Waals surface area contributed by atoms with E-state index >= 15 is 0 Å². The second kappa shape index (κ2) is 10.6. The van der Waals surface area contributed by atoms with Gasteiger partial charge < -0.3 is 5.32 Å². The molecule has 0 aliphatic heterocycles. The van der Waals surface area contributed by atoms with Crippen molar-refractivity contribution in [2.24, 2.45) is 52.3 Å². The van der Waals surface area contributed by atoms with E-state index < -0.39 is 10.1 Å². The molecule has 222 valence electrons. The Kier molecular flexibility index (Phi) is 7.92. The summed E-state index contributed by atoms with van der Waals surface area (Å²) in [5, 5.41) is 3.14. The summed E-state index contributed by atoms with van der Waals surface area (Å²) in [5.41, 5.74) is 0.111. The fourth-order valence-corrected chi connectivity index (χ4v) is 11.5. The normalized spacial score (nSPS) is 37.4. The van der Waals surface area contributed by atoms with Gasteiger partial charge in [0.15, 0.2) is 0 Å². The van der Waals surface area contributed by atoms with E-state index in [4.69, 9.17) is 0 Å². The first-order valence-corrected chi connectivity index (χ1v) is 17.3. The highest BCUT2D eigenvalue weighted by Crippen LogP contribution is 2.67. The SMILES string of the molecule is CC(C)C(NC(=O)C[C@@H](C)C1CC[C@H]2[C@@H]3C(=O)C[C@@H]4CC(=O)CC[C@]4(C)[C@H]3CC[C@]12C)c1ccc(S(=O)(=O)O)s1. The first-order valence-electron chi connectivity index (χ1n) is 15.1. The minimum absolute atomic E-state index is 0.0276. The first-order chi connectivity index (χ1) is 18.6. The van der Waals surface area contributed by atoms with E-state index in [1.165, 1.54) is 6.07 Å². The molecule has 40 heavy (non-hydrogen) atoms. The molecule has 0 aromatic carbocycles. The van der Waals surface area contributed by atoms with E-state index in [0.717, 1.165) is 43.4 Å². The Hall–Kier alpha value is -1.58. The van der Waals surface area contributed by atoms with Gasteiger partial charge in [-0.25, -0.2) is 0 Å². The third-order valence-electron chi connectivity index (χ3n) is 11.7. The van der Waals surface area contributed by atoms with Crippen LogP contribution in [0.4, 0.5) is 0 Å². The van der Waals surface area contributed by atoms with Gasteiger partial charge in [0.25, 0.3) is 0 Å². The monoisotopic (exact) mass is 591 g/mol. The standard InChI is InChI=1S/C31H45NO6S2/c1-17(2)29(25-8-9-27(39-25)40(36,37)38)32-26(35)14-18(3)21-6-7-22-28-23(11-13-31(21,22)5)30(4)12-10-20(33)15-19(30)16-24(28)34/h8-9,17-19,21-23,28-29H,6-7,10-16H2,1-5H3,(H,32,35)(H,36,37,38)/t18-,19+,21?,22+,23+,28+,29?,30+,31-/m1/s1. The molecule has 4 fully saturated rings. The summed E-state index contributed by atoms with van der Waals surface area (Å²) in [5.74, 6) is 2.22. The molecule has 9 heteroatoms. The molecule has 2 N–H and O–H groups in total. The number of carbonyl (C=O) groups excluding carboxylic acids is 3. The maximum absolute atomic E-state index is 13.6. The smallest absolute Gasteiger partial charge is 0.304 e. The van der Waals surface area contributed by atoms with Crippen molar-refractivity contribution in [3.05, 3.63) is 17.0 Å². The molecule has 4 aliphatic carbocycles. The quantitative estimate of drug-likeness (QED) is 0.363. The number of rotatable bonds is 7. The molecule has 1 aromatic heterocycles. The summed E-state index contributed by atoms with van der Waals surface area (Å²) in [4.78, 5) is 39.9. The number of amides is 1. The van der Waals surface area contributed by atoms with Gasteiger partial charge in [0, 0.05) is 36.5 Å². The van der Waals surface area contributed by atoms with Crippen molar-refractivity contribution >= 4 is 38.9 Å². The molecule has 2 unspecified atom stereocenters. The maximum Gasteiger partial charge on any atom is 0.304 e. The van der Waals surface area contributed by atoms with E-state index in [2.05, 4.69) is 26.1 Å². The molecule has 1 amide bonds. The third-order valence-corrected chi connectivity index (χ3v) is 14.2. The minimum atomic E-state index is -4.28. The lowest BCUT2D eigenvalue weighted by atomic mass is 9.44. The lowest BCUT2D eigenvalue weighted by molar-refractivity contribution is -0.159. The highest BCUT2D eigenvalue weighted by atomic mass is 32.3. The van der Waals surface area contributed by atoms with Gasteiger partial charge in [-0.2, -0.15) is 8.42 Å². The molecule has 7 nitrogen and oxygen atoms in total. The molecule has 0 radical (unpaired) electrons. The number of Topliss-reactive ketones (excluding diaryl/α,β-unsaturated/α-hetero) is 2. The number of hydrogen-bond donors (Lipinski definition) is 2. The van der Waals surface area contributed by atoms with Gasteiger partial charge in [0.05, 0.1) is 6.04 Å². The Morgan fingerprint density at radius 2 is 1.75 bits per heavy atom. The Bertz CT molecular complexity index is 1290. The Morgan fingerprint density at radius 3 is 2.40 bits per heavy atom. The topological polar surface area (TPSA) is 118 Å². The molecule has 4 saturated carbocycles. The van der Waals surface area contributed by atoms with Crippen LogP contribution in [0.25, 0.3) is 0 Å². The molecular formula is C31H45NO6S2. The summed E-state index contributed by atoms with van der Waals surface area (Å²) >= 11 is 0.992. The molecule has 0 saturated heterocycles. The second-order valence-electron chi connectivity index (χ2n) is 14.2. The van der Waals surface area contributed by atoms with Crippen LogP contribution in [-0.4, -0.2) is 30.4 Å². The van der Waals surface area contributed by atoms with Gasteiger partial charge in [0.1, 0.15) is 15.8 Å². The van der Waals surface area contributed by atoms with Crippen LogP contribution in [0.15, 0.2) is 16.3 Å². The lowest BCUT2D eigenvalue weighted by Gasteiger charge is -2.59. The zero-order valence-corrected chi connectivity index (χ0v) is 26.1. The first kappa shape index (κ1) is 29.9. The van der Waals surface area contributed by atoms with Crippen molar-refractivity contribution in [2.75, 3.05) is 0 Å². The average molecular weight is 592 g/mol. The Balaban J connectivity index is 1.28. The molecule has 0 spiro atoms. The number of fused-ring (bicyclic) bond motifs is 5. The van der Waals surface area contributed by atoms with Crippen LogP contribution in [-0.2, 0) is 24.5 Å². The summed E-state index contributed by atoms with van der Waals surface area (Å²) in [7, 11) is -4.28. The minimum Gasteiger partial charge on any atom is -0.348 e. The van der Waals surface area contributed by atoms with Gasteiger partial charge in [-0.3, -0.25) is 18.9 Å². The zero-order chi connectivity index (χ0) is 29.2. The molecule has 4 aliphatic rings. The Labute approximate surface area is 243 Å². The van der Waals surface area contributed by atoms with Crippen LogP contribution < -0.4 is 5.32 Å². The number of thiophene rings is 1. The van der Waals surface area contributed by atoms with Crippen LogP contribution in [0.5, 0.6) is 0 Å². The molecule has 0 bridgehead atoms. The lowest BCUT2D eigenvalue weighted by Crippen LogP contribution is -2.57. The second-order valence-corrected chi connectivity index (χ2v) is 16.9. The van der Waals surface area contributed by atoms with Gasteiger partial charge >= 0.3 is 10.1 Å². The van der Waals surface area contributed by atoms with Crippen LogP contribution >= 0.6 is 11.3 Å². The summed E-state index contributed by atoms with van der Waals surface area (Å²) < 4.78 is 32.4. The number of ketones is 2. The largest absolute Gasteiger partial charge is 0.348 e. The van der Waals surface area contributed by atoms with Crippen molar-refractivity contribution < 1.29 is 27.4 Å². The van der Waals surface area contributed by atoms with E-state index in [1.807, 2.05) is 13.8 Å². The molecule has 1 aromatic rings. The van der Waals surface area contributed by atoms with Crippen molar-refractivity contribution in [2.45, 2.75) is 103 Å². The van der Waals surface area contributed by atoms with Crippen LogP contribution in [0.3, 0.4) is 0 Å². The molecule has 1 heterocycles. The highest BCUT2D eigenvalue weighted by Gasteiger charge is 2.63. The zero-order valence-electron chi connectivity index (χ0n) is 24.4. The van der Waals surface area contributed by atoms with Gasteiger partial charge in [-0.05, 0) is 90.6 Å². The maximum atomic E-state index is 13.6. The van der Waals surface area contributed by atoms with Gasteiger partial charge in [0.2, 0.25) is 5.91 Å². The fraction of sp³-hybridized carbons (Fsp3) is 0.774. The van der Waals surface area contributed by atoms with Crippen LogP contribution in [0, 0.1) is 52.3 Å². The van der Waals surface area contributed by atoms with Crippen molar-refractivity contribution in [1.82, 2.24) is 5.32 Å². The fourth-order valence-electron chi connectivity index (χ4n) is 9.57. The van der Waals surface area contributed by atoms with Crippen LogP contribution in [0.1, 0.15) is 103 Å². The highest BCUT2D eigenvalue weighted by molar-refractivity contribution is 7.88. The summed E-state index contributed by atoms with van der Waals surface area (Å²) in [6, 6.07) is 2.71. The molecule has 9 atom stereocenters. The third kappa shape index (κ3) is 5.13. The molecular weight excluding hydrogens is 546 g/mol. The van der Waals surface area contributed by atoms with E-state index in [9.17, 15) is 27.4 Å². The number of hydrogen-bond acceptors (Lipinski definition) is 6. The Morgan fingerprint density at radius 1 is 1.05 bits per heavy atom. The number of carbonyl (C=O) groups is 3. The van der Waals surface area contributed by atoms with E-state index in [-0.39, 0.29) is 50.7 Å². The van der Waals surface area contributed by atoms with E-state index in [1.54, 1.807) is 6.07 Å². The predicted octanol–water partition coefficient (Wildman–Crippen LogP) is 6.24.